The lowest BCUT2D eigenvalue weighted by Crippen LogP contribution is -2.36. The molecular weight excluding hydrogens is 204 g/mol. The number of rotatable bonds is 4. The fraction of sp³-hybridized carbons (Fsp3) is 0.636. The molecule has 0 aliphatic rings. The molecule has 0 saturated heterocycles. The first-order chi connectivity index (χ1) is 7.43. The van der Waals surface area contributed by atoms with Gasteiger partial charge in [0.2, 0.25) is 5.91 Å². The van der Waals surface area contributed by atoms with E-state index in [1.165, 1.54) is 0 Å². The largest absolute Gasteiger partial charge is 0.352 e. The number of carbonyl (C=O) groups is 1. The lowest BCUT2D eigenvalue weighted by atomic mass is 10.2. The maximum absolute atomic E-state index is 11.8. The smallest absolute Gasteiger partial charge is 0.243 e. The molecule has 0 spiro atoms. The number of hydrogen-bond acceptors (Lipinski definition) is 3. The molecule has 0 aliphatic carbocycles. The van der Waals surface area contributed by atoms with Crippen LogP contribution in [0.15, 0.2) is 12.5 Å². The Morgan fingerprint density at radius 1 is 1.44 bits per heavy atom. The van der Waals surface area contributed by atoms with Crippen molar-refractivity contribution in [3.8, 4) is 0 Å². The summed E-state index contributed by atoms with van der Waals surface area (Å²) in [6.45, 7) is 7.59. The zero-order valence-corrected chi connectivity index (χ0v) is 10.3. The van der Waals surface area contributed by atoms with E-state index in [2.05, 4.69) is 10.3 Å². The molecule has 16 heavy (non-hydrogen) atoms. The van der Waals surface area contributed by atoms with Crippen LogP contribution in [0.2, 0.25) is 0 Å². The van der Waals surface area contributed by atoms with Crippen molar-refractivity contribution in [3.05, 3.63) is 18.2 Å². The Kier molecular flexibility index (Phi) is 4.06. The summed E-state index contributed by atoms with van der Waals surface area (Å²) < 4.78 is 1.81. The minimum Gasteiger partial charge on any atom is -0.352 e. The molecule has 90 valence electrons. The van der Waals surface area contributed by atoms with Crippen molar-refractivity contribution in [2.75, 3.05) is 0 Å². The van der Waals surface area contributed by atoms with Crippen molar-refractivity contribution in [1.82, 2.24) is 14.9 Å². The van der Waals surface area contributed by atoms with Gasteiger partial charge in [0.15, 0.2) is 0 Å². The summed E-state index contributed by atoms with van der Waals surface area (Å²) in [7, 11) is 0. The Balaban J connectivity index is 2.83. The number of aromatic nitrogens is 2. The first-order valence-electron chi connectivity index (χ1n) is 5.51. The molecule has 1 aromatic rings. The summed E-state index contributed by atoms with van der Waals surface area (Å²) in [6, 6.07) is -0.278. The summed E-state index contributed by atoms with van der Waals surface area (Å²) >= 11 is 0. The molecule has 0 aliphatic heterocycles. The van der Waals surface area contributed by atoms with Gasteiger partial charge in [0, 0.05) is 18.3 Å². The molecule has 0 bridgehead atoms. The van der Waals surface area contributed by atoms with E-state index in [0.29, 0.717) is 0 Å². The number of carbonyl (C=O) groups excluding carboxylic acids is 1. The van der Waals surface area contributed by atoms with Crippen LogP contribution in [0.4, 0.5) is 0 Å². The molecular formula is C11H20N4O. The SMILES string of the molecule is CC(C)NC(=O)C(C)n1cncc1[C@H](C)N. The van der Waals surface area contributed by atoms with Crippen LogP contribution in [-0.4, -0.2) is 21.5 Å². The third kappa shape index (κ3) is 2.82. The van der Waals surface area contributed by atoms with Crippen molar-refractivity contribution in [1.29, 1.82) is 0 Å². The molecule has 5 nitrogen and oxygen atoms in total. The Morgan fingerprint density at radius 2 is 2.06 bits per heavy atom. The van der Waals surface area contributed by atoms with Crippen LogP contribution in [0.25, 0.3) is 0 Å². The Morgan fingerprint density at radius 3 is 2.56 bits per heavy atom. The van der Waals surface area contributed by atoms with Crippen molar-refractivity contribution >= 4 is 5.91 Å². The van der Waals surface area contributed by atoms with Gasteiger partial charge in [-0.2, -0.15) is 0 Å². The second-order valence-corrected chi connectivity index (χ2v) is 4.35. The van der Waals surface area contributed by atoms with Gasteiger partial charge in [-0.3, -0.25) is 4.79 Å². The van der Waals surface area contributed by atoms with Gasteiger partial charge in [-0.15, -0.1) is 0 Å². The normalized spacial score (nSPS) is 14.9. The van der Waals surface area contributed by atoms with E-state index in [1.807, 2.05) is 32.3 Å². The molecule has 1 aromatic heterocycles. The highest BCUT2D eigenvalue weighted by molar-refractivity contribution is 5.80. The molecule has 0 fully saturated rings. The van der Waals surface area contributed by atoms with Crippen LogP contribution in [-0.2, 0) is 4.79 Å². The summed E-state index contributed by atoms with van der Waals surface area (Å²) in [6.07, 6.45) is 3.34. The lowest BCUT2D eigenvalue weighted by molar-refractivity contribution is -0.124. The third-order valence-corrected chi connectivity index (χ3v) is 2.39. The van der Waals surface area contributed by atoms with Crippen LogP contribution in [0.5, 0.6) is 0 Å². The van der Waals surface area contributed by atoms with Crippen molar-refractivity contribution in [3.63, 3.8) is 0 Å². The van der Waals surface area contributed by atoms with Gasteiger partial charge in [0.05, 0.1) is 12.0 Å². The number of nitrogens with one attached hydrogen (secondary N) is 1. The molecule has 5 heteroatoms. The zero-order valence-electron chi connectivity index (χ0n) is 10.3. The lowest BCUT2D eigenvalue weighted by Gasteiger charge is -2.19. The minimum absolute atomic E-state index is 0.0186. The Bertz CT molecular complexity index is 357. The number of nitrogens with zero attached hydrogens (tertiary/aromatic N) is 2. The average Bonchev–Trinajstić information content (AvgIpc) is 2.63. The highest BCUT2D eigenvalue weighted by Crippen LogP contribution is 2.15. The predicted octanol–water partition coefficient (Wildman–Crippen LogP) is 0.988. The number of imidazole rings is 1. The van der Waals surface area contributed by atoms with E-state index in [-0.39, 0.29) is 24.0 Å². The molecule has 1 rings (SSSR count). The highest BCUT2D eigenvalue weighted by atomic mass is 16.2. The van der Waals surface area contributed by atoms with Gasteiger partial charge < -0.3 is 15.6 Å². The van der Waals surface area contributed by atoms with Gasteiger partial charge in [-0.1, -0.05) is 0 Å². The van der Waals surface area contributed by atoms with Gasteiger partial charge in [-0.25, -0.2) is 4.98 Å². The van der Waals surface area contributed by atoms with Crippen molar-refractivity contribution in [2.24, 2.45) is 5.73 Å². The summed E-state index contributed by atoms with van der Waals surface area (Å²) in [5, 5.41) is 2.87. The van der Waals surface area contributed by atoms with Gasteiger partial charge in [0.25, 0.3) is 0 Å². The molecule has 0 saturated carbocycles. The van der Waals surface area contributed by atoms with E-state index in [1.54, 1.807) is 12.5 Å². The van der Waals surface area contributed by atoms with Gasteiger partial charge in [0.1, 0.15) is 6.04 Å². The Hall–Kier alpha value is -1.36. The second kappa shape index (κ2) is 5.12. The molecule has 1 heterocycles. The number of nitrogens with two attached hydrogens (primary N) is 1. The fourth-order valence-electron chi connectivity index (χ4n) is 1.52. The minimum atomic E-state index is -0.286. The van der Waals surface area contributed by atoms with Crippen LogP contribution in [0.3, 0.4) is 0 Å². The maximum Gasteiger partial charge on any atom is 0.243 e. The molecule has 0 aromatic carbocycles. The van der Waals surface area contributed by atoms with Crippen LogP contribution < -0.4 is 11.1 Å². The predicted molar refractivity (Wildman–Crippen MR) is 62.8 cm³/mol. The summed E-state index contributed by atoms with van der Waals surface area (Å²) in [5.41, 5.74) is 6.67. The maximum atomic E-state index is 11.8. The summed E-state index contributed by atoms with van der Waals surface area (Å²) in [4.78, 5) is 15.9. The van der Waals surface area contributed by atoms with E-state index < -0.39 is 0 Å². The highest BCUT2D eigenvalue weighted by Gasteiger charge is 2.19. The summed E-state index contributed by atoms with van der Waals surface area (Å²) in [5.74, 6) is -0.0186. The number of hydrogen-bond donors (Lipinski definition) is 2. The van der Waals surface area contributed by atoms with E-state index in [0.717, 1.165) is 5.69 Å². The first-order valence-corrected chi connectivity index (χ1v) is 5.51. The molecule has 1 unspecified atom stereocenters. The Labute approximate surface area is 96.0 Å². The van der Waals surface area contributed by atoms with Crippen molar-refractivity contribution in [2.45, 2.75) is 45.8 Å². The third-order valence-electron chi connectivity index (χ3n) is 2.39. The molecule has 0 radical (unpaired) electrons. The topological polar surface area (TPSA) is 72.9 Å². The molecule has 2 atom stereocenters. The van der Waals surface area contributed by atoms with Crippen molar-refractivity contribution < 1.29 is 4.79 Å². The average molecular weight is 224 g/mol. The van der Waals surface area contributed by atoms with E-state index >= 15 is 0 Å². The molecule has 1 amide bonds. The monoisotopic (exact) mass is 224 g/mol. The first kappa shape index (κ1) is 12.7. The van der Waals surface area contributed by atoms with Crippen LogP contribution in [0, 0.1) is 0 Å². The van der Waals surface area contributed by atoms with Gasteiger partial charge in [-0.05, 0) is 27.7 Å². The van der Waals surface area contributed by atoms with E-state index in [4.69, 9.17) is 5.73 Å². The standard InChI is InChI=1S/C11H20N4O/c1-7(2)14-11(16)9(4)15-6-13-5-10(15)8(3)12/h5-9H,12H2,1-4H3,(H,14,16)/t8-,9?/m0/s1. The zero-order chi connectivity index (χ0) is 12.3. The quantitative estimate of drug-likeness (QED) is 0.801. The van der Waals surface area contributed by atoms with Crippen LogP contribution >= 0.6 is 0 Å². The van der Waals surface area contributed by atoms with Crippen LogP contribution in [0.1, 0.15) is 45.5 Å². The van der Waals surface area contributed by atoms with E-state index in [9.17, 15) is 4.79 Å². The second-order valence-electron chi connectivity index (χ2n) is 4.35. The molecule has 3 N–H and O–H groups in total. The fourth-order valence-corrected chi connectivity index (χ4v) is 1.52. The number of amides is 1. The van der Waals surface area contributed by atoms with Gasteiger partial charge >= 0.3 is 0 Å².